The first-order valence-corrected chi connectivity index (χ1v) is 8.84. The maximum atomic E-state index is 13.5. The number of carbonyl (C=O) groups is 2. The number of hydrogen-bond acceptors (Lipinski definition) is 3. The van der Waals surface area contributed by atoms with E-state index in [1.165, 1.54) is 11.8 Å². The molecule has 0 aliphatic heterocycles. The highest BCUT2D eigenvalue weighted by Gasteiger charge is 2.34. The molecule has 0 bridgehead atoms. The van der Waals surface area contributed by atoms with Crippen LogP contribution in [0.4, 0.5) is 0 Å². The lowest BCUT2D eigenvalue weighted by atomic mass is 10.00. The number of para-hydroxylation sites is 1. The second-order valence-electron chi connectivity index (χ2n) is 7.48. The van der Waals surface area contributed by atoms with Crippen LogP contribution in [0.1, 0.15) is 38.1 Å². The van der Waals surface area contributed by atoms with Crippen molar-refractivity contribution < 1.29 is 14.3 Å². The lowest BCUT2D eigenvalue weighted by Gasteiger charge is -2.33. The summed E-state index contributed by atoms with van der Waals surface area (Å²) in [5.74, 6) is 0.152. The number of hydrogen-bond donors (Lipinski definition) is 1. The van der Waals surface area contributed by atoms with Crippen molar-refractivity contribution >= 4 is 22.7 Å². The highest BCUT2D eigenvalue weighted by atomic mass is 16.5. The van der Waals surface area contributed by atoms with Gasteiger partial charge in [-0.3, -0.25) is 14.5 Å². The van der Waals surface area contributed by atoms with E-state index >= 15 is 0 Å². The van der Waals surface area contributed by atoms with Crippen LogP contribution in [0.3, 0.4) is 0 Å². The second kappa shape index (κ2) is 6.91. The van der Waals surface area contributed by atoms with Crippen molar-refractivity contribution in [1.29, 1.82) is 0 Å². The topological polar surface area (TPSA) is 62.4 Å². The van der Waals surface area contributed by atoms with Gasteiger partial charge in [-0.2, -0.15) is 0 Å². The molecule has 2 amide bonds. The van der Waals surface area contributed by atoms with Crippen LogP contribution in [0.5, 0.6) is 5.75 Å². The van der Waals surface area contributed by atoms with Gasteiger partial charge in [-0.1, -0.05) is 18.2 Å². The number of fused-ring (bicyclic) bond motifs is 1. The summed E-state index contributed by atoms with van der Waals surface area (Å²) in [7, 11) is 1.61. The summed E-state index contributed by atoms with van der Waals surface area (Å²) < 4.78 is 5.23. The lowest BCUT2D eigenvalue weighted by molar-refractivity contribution is -0.129. The monoisotopic (exact) mass is 364 g/mol. The van der Waals surface area contributed by atoms with Crippen LogP contribution in [-0.2, 0) is 4.79 Å². The molecule has 3 rings (SSSR count). The Kier molecular flexibility index (Phi) is 4.79. The summed E-state index contributed by atoms with van der Waals surface area (Å²) in [5, 5.41) is 0.795. The number of nitrogens with one attached hydrogen (secondary N) is 1. The van der Waals surface area contributed by atoms with E-state index in [2.05, 4.69) is 4.98 Å². The van der Waals surface area contributed by atoms with Gasteiger partial charge in [0.15, 0.2) is 0 Å². The standard InChI is InChI=1S/C22H24N2O3/c1-14(25)24(22(2,3)4)21(26)19-17-8-6-7-9-18(17)23-20(19)15-10-12-16(27-5)13-11-15/h6-13,23H,1-5H3. The maximum absolute atomic E-state index is 13.5. The molecule has 0 radical (unpaired) electrons. The van der Waals surface area contributed by atoms with Crippen LogP contribution in [0.25, 0.3) is 22.2 Å². The van der Waals surface area contributed by atoms with Gasteiger partial charge in [0.05, 0.1) is 18.4 Å². The molecular formula is C22H24N2O3. The first kappa shape index (κ1) is 18.7. The van der Waals surface area contributed by atoms with Crippen LogP contribution in [-0.4, -0.2) is 34.3 Å². The van der Waals surface area contributed by atoms with Crippen LogP contribution in [0.2, 0.25) is 0 Å². The third kappa shape index (κ3) is 3.45. The summed E-state index contributed by atoms with van der Waals surface area (Å²) in [4.78, 5) is 30.4. The van der Waals surface area contributed by atoms with Gasteiger partial charge in [0.2, 0.25) is 5.91 Å². The van der Waals surface area contributed by atoms with Crippen molar-refractivity contribution in [3.63, 3.8) is 0 Å². The minimum absolute atomic E-state index is 0.279. The van der Waals surface area contributed by atoms with Crippen LogP contribution < -0.4 is 4.74 Å². The number of rotatable bonds is 3. The summed E-state index contributed by atoms with van der Waals surface area (Å²) in [6.45, 7) is 6.99. The third-order valence-electron chi connectivity index (χ3n) is 4.49. The van der Waals surface area contributed by atoms with E-state index in [9.17, 15) is 9.59 Å². The maximum Gasteiger partial charge on any atom is 0.263 e. The Morgan fingerprint density at radius 3 is 2.19 bits per heavy atom. The molecule has 27 heavy (non-hydrogen) atoms. The number of aromatic nitrogens is 1. The first-order valence-electron chi connectivity index (χ1n) is 8.84. The molecule has 1 N–H and O–H groups in total. The van der Waals surface area contributed by atoms with Gasteiger partial charge in [-0.15, -0.1) is 0 Å². The molecular weight excluding hydrogens is 340 g/mol. The third-order valence-corrected chi connectivity index (χ3v) is 4.49. The Balaban J connectivity index is 2.24. The number of nitrogens with zero attached hydrogens (tertiary/aromatic N) is 1. The minimum Gasteiger partial charge on any atom is -0.497 e. The predicted molar refractivity (Wildman–Crippen MR) is 107 cm³/mol. The van der Waals surface area contributed by atoms with Crippen molar-refractivity contribution in [1.82, 2.24) is 9.88 Å². The lowest BCUT2D eigenvalue weighted by Crippen LogP contribution is -2.48. The van der Waals surface area contributed by atoms with Gasteiger partial charge in [-0.25, -0.2) is 0 Å². The molecule has 2 aromatic carbocycles. The molecule has 0 spiro atoms. The van der Waals surface area contributed by atoms with E-state index in [1.807, 2.05) is 69.3 Å². The van der Waals surface area contributed by atoms with Gasteiger partial charge >= 0.3 is 0 Å². The van der Waals surface area contributed by atoms with E-state index in [0.29, 0.717) is 11.3 Å². The van der Waals surface area contributed by atoms with Gasteiger partial charge < -0.3 is 9.72 Å². The highest BCUT2D eigenvalue weighted by Crippen LogP contribution is 2.33. The van der Waals surface area contributed by atoms with Gasteiger partial charge in [0, 0.05) is 23.4 Å². The van der Waals surface area contributed by atoms with Crippen molar-refractivity contribution in [2.24, 2.45) is 0 Å². The molecule has 5 nitrogen and oxygen atoms in total. The predicted octanol–water partition coefficient (Wildman–Crippen LogP) is 4.63. The molecule has 0 aliphatic carbocycles. The molecule has 0 aliphatic rings. The average molecular weight is 364 g/mol. The van der Waals surface area contributed by atoms with Crippen molar-refractivity contribution in [2.45, 2.75) is 33.2 Å². The zero-order chi connectivity index (χ0) is 19.8. The Morgan fingerprint density at radius 2 is 1.63 bits per heavy atom. The Labute approximate surface area is 158 Å². The SMILES string of the molecule is COc1ccc(-c2[nH]c3ccccc3c2C(=O)N(C(C)=O)C(C)(C)C)cc1. The molecule has 0 saturated carbocycles. The van der Waals surface area contributed by atoms with E-state index in [1.54, 1.807) is 7.11 Å². The van der Waals surface area contributed by atoms with Crippen molar-refractivity contribution in [3.8, 4) is 17.0 Å². The summed E-state index contributed by atoms with van der Waals surface area (Å²) in [6, 6.07) is 15.1. The second-order valence-corrected chi connectivity index (χ2v) is 7.48. The molecule has 1 aromatic heterocycles. The van der Waals surface area contributed by atoms with E-state index in [4.69, 9.17) is 4.74 Å². The van der Waals surface area contributed by atoms with Crippen LogP contribution in [0, 0.1) is 0 Å². The number of ether oxygens (including phenoxy) is 1. The minimum atomic E-state index is -0.627. The van der Waals surface area contributed by atoms with E-state index in [0.717, 1.165) is 22.2 Å². The number of H-pyrrole nitrogens is 1. The fourth-order valence-electron chi connectivity index (χ4n) is 3.37. The number of imide groups is 1. The van der Waals surface area contributed by atoms with E-state index in [-0.39, 0.29) is 11.8 Å². The Morgan fingerprint density at radius 1 is 1.00 bits per heavy atom. The van der Waals surface area contributed by atoms with Crippen LogP contribution >= 0.6 is 0 Å². The molecule has 0 unspecified atom stereocenters. The molecule has 5 heteroatoms. The fourth-order valence-corrected chi connectivity index (χ4v) is 3.37. The van der Waals surface area contributed by atoms with Crippen molar-refractivity contribution in [3.05, 3.63) is 54.1 Å². The fraction of sp³-hybridized carbons (Fsp3) is 0.273. The number of methoxy groups -OCH3 is 1. The normalized spacial score (nSPS) is 11.4. The molecule has 140 valence electrons. The summed E-state index contributed by atoms with van der Waals surface area (Å²) >= 11 is 0. The summed E-state index contributed by atoms with van der Waals surface area (Å²) in [5.41, 5.74) is 2.27. The number of aromatic amines is 1. The van der Waals surface area contributed by atoms with Gasteiger partial charge in [-0.05, 0) is 56.7 Å². The molecule has 0 atom stereocenters. The number of amides is 2. The number of benzene rings is 2. The van der Waals surface area contributed by atoms with E-state index < -0.39 is 5.54 Å². The largest absolute Gasteiger partial charge is 0.497 e. The zero-order valence-corrected chi connectivity index (χ0v) is 16.3. The smallest absolute Gasteiger partial charge is 0.263 e. The molecule has 1 heterocycles. The summed E-state index contributed by atoms with van der Waals surface area (Å²) in [6.07, 6.45) is 0. The number of carbonyl (C=O) groups excluding carboxylic acids is 2. The van der Waals surface area contributed by atoms with Crippen LogP contribution in [0.15, 0.2) is 48.5 Å². The first-order chi connectivity index (χ1) is 12.7. The average Bonchev–Trinajstić information content (AvgIpc) is 2.99. The quantitative estimate of drug-likeness (QED) is 0.737. The van der Waals surface area contributed by atoms with Crippen molar-refractivity contribution in [2.75, 3.05) is 7.11 Å². The van der Waals surface area contributed by atoms with Gasteiger partial charge in [0.25, 0.3) is 5.91 Å². The van der Waals surface area contributed by atoms with Gasteiger partial charge in [0.1, 0.15) is 5.75 Å². The highest BCUT2D eigenvalue weighted by molar-refractivity contribution is 6.16. The molecule has 0 fully saturated rings. The zero-order valence-electron chi connectivity index (χ0n) is 16.3. The Bertz CT molecular complexity index is 995. The molecule has 0 saturated heterocycles. The molecule has 3 aromatic rings. The Hall–Kier alpha value is -3.08.